The predicted molar refractivity (Wildman–Crippen MR) is 66.9 cm³/mol. The minimum Gasteiger partial charge on any atom is -0.234 e. The van der Waals surface area contributed by atoms with Gasteiger partial charge in [0.2, 0.25) is 0 Å². The van der Waals surface area contributed by atoms with Crippen LogP contribution >= 0.6 is 0 Å². The third-order valence-corrected chi connectivity index (χ3v) is 2.84. The van der Waals surface area contributed by atoms with Crippen LogP contribution in [-0.2, 0) is 0 Å². The summed E-state index contributed by atoms with van der Waals surface area (Å²) in [6, 6.07) is 10.7. The molecule has 0 N–H and O–H groups in total. The quantitative estimate of drug-likeness (QED) is 0.578. The Hall–Kier alpha value is 0.567. The Kier molecular flexibility index (Phi) is 12.2. The molecule has 0 aliphatic carbocycles. The molecule has 0 amide bonds. The van der Waals surface area contributed by atoms with Crippen molar-refractivity contribution in [1.82, 2.24) is 0 Å². The molecular formula is C11H20AlLiSi. The first-order chi connectivity index (χ1) is 6.04. The van der Waals surface area contributed by atoms with Gasteiger partial charge in [-0.25, -0.2) is 17.4 Å². The van der Waals surface area contributed by atoms with Crippen molar-refractivity contribution in [3.8, 4) is 0 Å². The van der Waals surface area contributed by atoms with Crippen LogP contribution in [0.5, 0.6) is 0 Å². The molecule has 0 heterocycles. The second-order valence-electron chi connectivity index (χ2n) is 4.10. The third kappa shape index (κ3) is 10.6. The fourth-order valence-electron chi connectivity index (χ4n) is 0.771. The monoisotopic (exact) mass is 214 g/mol. The average molecular weight is 214 g/mol. The molecule has 0 saturated heterocycles. The summed E-state index contributed by atoms with van der Waals surface area (Å²) in [4.78, 5) is 0. The SMILES string of the molecule is C[Si](C)c1ccccc1.[CH3][Al-]([CH3])[CH3].[Li+]. The minimum absolute atomic E-state index is 0. The smallest absolute Gasteiger partial charge is 0.234 e. The van der Waals surface area contributed by atoms with E-state index in [-0.39, 0.29) is 41.8 Å². The van der Waals surface area contributed by atoms with E-state index in [0.29, 0.717) is 0 Å². The van der Waals surface area contributed by atoms with Crippen molar-refractivity contribution in [2.45, 2.75) is 30.5 Å². The van der Waals surface area contributed by atoms with Crippen molar-refractivity contribution in [3.63, 3.8) is 0 Å². The molecule has 0 nitrogen and oxygen atoms in total. The van der Waals surface area contributed by atoms with Gasteiger partial charge >= 0.3 is 18.9 Å². The summed E-state index contributed by atoms with van der Waals surface area (Å²) >= 11 is -0.139. The second kappa shape index (κ2) is 10.1. The zero-order chi connectivity index (χ0) is 10.3. The maximum absolute atomic E-state index is 2.31. The molecule has 1 rings (SSSR count). The number of benzene rings is 1. The van der Waals surface area contributed by atoms with Crippen LogP contribution in [0.15, 0.2) is 30.3 Å². The van der Waals surface area contributed by atoms with Crippen molar-refractivity contribution < 1.29 is 18.9 Å². The van der Waals surface area contributed by atoms with Gasteiger partial charge in [0.1, 0.15) is 0 Å². The van der Waals surface area contributed by atoms with Crippen LogP contribution in [0.25, 0.3) is 0 Å². The van der Waals surface area contributed by atoms with Gasteiger partial charge in [-0.15, -0.1) is 0 Å². The van der Waals surface area contributed by atoms with E-state index in [1.54, 1.807) is 0 Å². The van der Waals surface area contributed by atoms with Crippen molar-refractivity contribution >= 4 is 28.1 Å². The molecule has 3 heteroatoms. The van der Waals surface area contributed by atoms with Gasteiger partial charge in [0.25, 0.3) is 0 Å². The zero-order valence-electron chi connectivity index (χ0n) is 10.5. The Balaban J connectivity index is 0. The van der Waals surface area contributed by atoms with E-state index in [1.807, 2.05) is 0 Å². The molecule has 72 valence electrons. The van der Waals surface area contributed by atoms with Gasteiger partial charge in [-0.2, -0.15) is 0 Å². The maximum Gasteiger partial charge on any atom is 1.00 e. The first-order valence-electron chi connectivity index (χ1n) is 4.89. The number of hydrogen-bond donors (Lipinski definition) is 0. The summed E-state index contributed by atoms with van der Waals surface area (Å²) in [7, 11) is -0.212. The van der Waals surface area contributed by atoms with Crippen molar-refractivity contribution in [2.24, 2.45) is 0 Å². The average Bonchev–Trinajstić information content (AvgIpc) is 2.05. The summed E-state index contributed by atoms with van der Waals surface area (Å²) in [5.41, 5.74) is 0. The van der Waals surface area contributed by atoms with Crippen LogP contribution in [0, 0.1) is 0 Å². The Labute approximate surface area is 107 Å². The maximum atomic E-state index is 2.31. The van der Waals surface area contributed by atoms with Gasteiger partial charge < -0.3 is 0 Å². The van der Waals surface area contributed by atoms with Gasteiger partial charge in [0, 0.05) is 0 Å². The molecule has 0 spiro atoms. The second-order valence-corrected chi connectivity index (χ2v) is 10.1. The fraction of sp³-hybridized carbons (Fsp3) is 0.455. The Morgan fingerprint density at radius 2 is 1.29 bits per heavy atom. The number of rotatable bonds is 1. The molecule has 0 aliphatic rings. The summed E-state index contributed by atoms with van der Waals surface area (Å²) in [5.74, 6) is 6.92. The van der Waals surface area contributed by atoms with Crippen LogP contribution in [-0.4, -0.2) is 22.9 Å². The van der Waals surface area contributed by atoms with Crippen LogP contribution in [0.2, 0.25) is 30.5 Å². The van der Waals surface area contributed by atoms with Crippen LogP contribution < -0.4 is 24.0 Å². The molecule has 0 aromatic heterocycles. The van der Waals surface area contributed by atoms with Gasteiger partial charge in [0.05, 0.1) is 8.80 Å². The zero-order valence-corrected chi connectivity index (χ0v) is 12.6. The molecule has 1 aromatic carbocycles. The minimum atomic E-state index is -0.212. The van der Waals surface area contributed by atoms with E-state index in [4.69, 9.17) is 0 Å². The predicted octanol–water partition coefficient (Wildman–Crippen LogP) is 0.0226. The van der Waals surface area contributed by atoms with Crippen molar-refractivity contribution in [3.05, 3.63) is 30.3 Å². The van der Waals surface area contributed by atoms with Crippen LogP contribution in [0.1, 0.15) is 0 Å². The summed E-state index contributed by atoms with van der Waals surface area (Å²) in [6.07, 6.45) is 0. The molecule has 0 aliphatic heterocycles. The molecule has 0 saturated carbocycles. The normalized spacial score (nSPS) is 9.07. The van der Waals surface area contributed by atoms with E-state index in [1.165, 1.54) is 5.19 Å². The Morgan fingerprint density at radius 3 is 1.50 bits per heavy atom. The summed E-state index contributed by atoms with van der Waals surface area (Å²) in [5, 5.41) is 1.52. The van der Waals surface area contributed by atoms with E-state index >= 15 is 0 Å². The van der Waals surface area contributed by atoms with Gasteiger partial charge in [-0.3, -0.25) is 0 Å². The van der Waals surface area contributed by atoms with Gasteiger partial charge in [0.15, 0.2) is 0 Å². The van der Waals surface area contributed by atoms with E-state index in [2.05, 4.69) is 60.8 Å². The van der Waals surface area contributed by atoms with E-state index < -0.39 is 0 Å². The van der Waals surface area contributed by atoms with E-state index in [9.17, 15) is 0 Å². The molecule has 0 fully saturated rings. The van der Waals surface area contributed by atoms with Gasteiger partial charge in [-0.05, 0) is 14.1 Å². The molecule has 0 bridgehead atoms. The molecule has 0 unspecified atom stereocenters. The van der Waals surface area contributed by atoms with Crippen molar-refractivity contribution in [1.29, 1.82) is 0 Å². The Morgan fingerprint density at radius 1 is 0.929 bits per heavy atom. The van der Waals surface area contributed by atoms with Gasteiger partial charge in [-0.1, -0.05) is 48.6 Å². The van der Waals surface area contributed by atoms with Crippen molar-refractivity contribution in [2.75, 3.05) is 0 Å². The van der Waals surface area contributed by atoms with Crippen LogP contribution in [0.3, 0.4) is 0 Å². The standard InChI is InChI=1S/C8H11Si.3CH3.Al.Li/c1-9(2)8-6-4-3-5-7-8;;;;;/h3-7H,1-2H3;3*1H3;;/q;;;;-1;+1. The first-order valence-corrected chi connectivity index (χ1v) is 10.9. The molecule has 2 radical (unpaired) electrons. The summed E-state index contributed by atoms with van der Waals surface area (Å²) in [6.45, 7) is 4.61. The molecule has 1 aromatic rings. The summed E-state index contributed by atoms with van der Waals surface area (Å²) < 4.78 is 0. The molecule has 14 heavy (non-hydrogen) atoms. The topological polar surface area (TPSA) is 0 Å². The molecule has 0 atom stereocenters. The van der Waals surface area contributed by atoms with E-state index in [0.717, 1.165) is 0 Å². The first kappa shape index (κ1) is 17.0. The molecular weight excluding hydrogens is 194 g/mol. The third-order valence-electron chi connectivity index (χ3n) is 1.35. The fourth-order valence-corrected chi connectivity index (χ4v) is 1.63. The van der Waals surface area contributed by atoms with Crippen LogP contribution in [0.4, 0.5) is 0 Å². The Bertz CT molecular complexity index is 209. The number of hydrogen-bond acceptors (Lipinski definition) is 0. The largest absolute Gasteiger partial charge is 1.00 e.